The third-order valence-corrected chi connectivity index (χ3v) is 2.95. The van der Waals surface area contributed by atoms with Gasteiger partial charge in [0.1, 0.15) is 0 Å². The standard InChI is InChI=1S/C8H14BClO2/c10-3-1-2-7-6-8(7)9-11-4-5-12-9/h7-8H,1-6H2/t7-,8-/m0/s1. The van der Waals surface area contributed by atoms with Crippen LogP contribution in [-0.4, -0.2) is 26.2 Å². The van der Waals surface area contributed by atoms with Crippen LogP contribution in [0.2, 0.25) is 5.82 Å². The highest BCUT2D eigenvalue weighted by Crippen LogP contribution is 2.50. The Morgan fingerprint density at radius 1 is 1.33 bits per heavy atom. The molecule has 0 aromatic rings. The Bertz CT molecular complexity index is 150. The van der Waals surface area contributed by atoms with Crippen LogP contribution in [-0.2, 0) is 9.31 Å². The molecule has 0 aromatic heterocycles. The maximum Gasteiger partial charge on any atom is 0.460 e. The molecule has 2 nitrogen and oxygen atoms in total. The SMILES string of the molecule is ClCCC[C@H]1C[C@@H]1B1OCCO1. The highest BCUT2D eigenvalue weighted by atomic mass is 35.5. The second-order valence-corrected chi connectivity index (χ2v) is 3.98. The van der Waals surface area contributed by atoms with E-state index in [2.05, 4.69) is 0 Å². The van der Waals surface area contributed by atoms with Crippen molar-refractivity contribution in [3.05, 3.63) is 0 Å². The first-order valence-corrected chi connectivity index (χ1v) is 5.24. The molecule has 2 fully saturated rings. The minimum Gasteiger partial charge on any atom is -0.409 e. The van der Waals surface area contributed by atoms with Gasteiger partial charge in [0.05, 0.1) is 13.2 Å². The maximum atomic E-state index is 5.62. The van der Waals surface area contributed by atoms with Crippen molar-refractivity contribution in [2.75, 3.05) is 19.1 Å². The van der Waals surface area contributed by atoms with Crippen LogP contribution in [0.3, 0.4) is 0 Å². The summed E-state index contributed by atoms with van der Waals surface area (Å²) >= 11 is 5.62. The van der Waals surface area contributed by atoms with E-state index in [4.69, 9.17) is 20.9 Å². The summed E-state index contributed by atoms with van der Waals surface area (Å²) in [5.74, 6) is 2.29. The zero-order valence-corrected chi connectivity index (χ0v) is 7.93. The molecule has 0 spiro atoms. The van der Waals surface area contributed by atoms with Crippen LogP contribution in [0, 0.1) is 5.92 Å². The van der Waals surface area contributed by atoms with Crippen LogP contribution >= 0.6 is 11.6 Å². The fraction of sp³-hybridized carbons (Fsp3) is 1.00. The summed E-state index contributed by atoms with van der Waals surface area (Å²) in [6, 6.07) is 0. The lowest BCUT2D eigenvalue weighted by Crippen LogP contribution is -2.14. The Kier molecular flexibility index (Phi) is 2.94. The largest absolute Gasteiger partial charge is 0.460 e. The molecule has 4 heteroatoms. The molecule has 2 rings (SSSR count). The van der Waals surface area contributed by atoms with Gasteiger partial charge in [-0.25, -0.2) is 0 Å². The van der Waals surface area contributed by atoms with Crippen LogP contribution in [0.25, 0.3) is 0 Å². The van der Waals surface area contributed by atoms with Gasteiger partial charge in [0, 0.05) is 5.88 Å². The van der Waals surface area contributed by atoms with E-state index in [9.17, 15) is 0 Å². The lowest BCUT2D eigenvalue weighted by atomic mass is 9.80. The second kappa shape index (κ2) is 3.99. The van der Waals surface area contributed by atoms with Crippen LogP contribution in [0.1, 0.15) is 19.3 Å². The Morgan fingerprint density at radius 2 is 2.08 bits per heavy atom. The van der Waals surface area contributed by atoms with E-state index in [1.165, 1.54) is 12.8 Å². The van der Waals surface area contributed by atoms with E-state index < -0.39 is 0 Å². The summed E-state index contributed by atoms with van der Waals surface area (Å²) in [5.41, 5.74) is 0. The number of hydrogen-bond donors (Lipinski definition) is 0. The number of rotatable bonds is 4. The van der Waals surface area contributed by atoms with Crippen LogP contribution in [0.15, 0.2) is 0 Å². The normalized spacial score (nSPS) is 34.2. The van der Waals surface area contributed by atoms with Gasteiger partial charge in [0.2, 0.25) is 0 Å². The molecular weight excluding hydrogens is 174 g/mol. The molecule has 1 heterocycles. The minimum absolute atomic E-state index is 0.116. The summed E-state index contributed by atoms with van der Waals surface area (Å²) < 4.78 is 10.9. The van der Waals surface area contributed by atoms with Crippen molar-refractivity contribution in [2.45, 2.75) is 25.1 Å². The molecule has 1 saturated carbocycles. The molecular formula is C8H14BClO2. The fourth-order valence-corrected chi connectivity index (χ4v) is 2.05. The van der Waals surface area contributed by atoms with Crippen molar-refractivity contribution in [1.82, 2.24) is 0 Å². The molecule has 1 saturated heterocycles. The highest BCUT2D eigenvalue weighted by molar-refractivity contribution is 6.48. The van der Waals surface area contributed by atoms with Crippen LogP contribution in [0.4, 0.5) is 0 Å². The molecule has 0 unspecified atom stereocenters. The molecule has 0 bridgehead atoms. The van der Waals surface area contributed by atoms with E-state index in [0.717, 1.165) is 31.4 Å². The van der Waals surface area contributed by atoms with E-state index in [1.807, 2.05) is 0 Å². The van der Waals surface area contributed by atoms with E-state index >= 15 is 0 Å². The zero-order valence-electron chi connectivity index (χ0n) is 7.17. The molecule has 1 aliphatic heterocycles. The van der Waals surface area contributed by atoms with Crippen molar-refractivity contribution in [3.63, 3.8) is 0 Å². The molecule has 0 N–H and O–H groups in total. The van der Waals surface area contributed by atoms with Gasteiger partial charge in [-0.05, 0) is 31.0 Å². The molecule has 12 heavy (non-hydrogen) atoms. The lowest BCUT2D eigenvalue weighted by molar-refractivity contribution is 0.365. The molecule has 0 radical (unpaired) electrons. The summed E-state index contributed by atoms with van der Waals surface area (Å²) in [5, 5.41) is 0. The van der Waals surface area contributed by atoms with Gasteiger partial charge >= 0.3 is 7.12 Å². The quantitative estimate of drug-likeness (QED) is 0.496. The Balaban J connectivity index is 1.65. The van der Waals surface area contributed by atoms with Crippen molar-refractivity contribution in [2.24, 2.45) is 5.92 Å². The minimum atomic E-state index is 0.116. The fourth-order valence-electron chi connectivity index (χ4n) is 1.90. The van der Waals surface area contributed by atoms with Gasteiger partial charge < -0.3 is 9.31 Å². The zero-order chi connectivity index (χ0) is 8.39. The Morgan fingerprint density at radius 3 is 2.75 bits per heavy atom. The molecule has 0 amide bonds. The smallest absolute Gasteiger partial charge is 0.409 e. The van der Waals surface area contributed by atoms with Crippen molar-refractivity contribution in [1.29, 1.82) is 0 Å². The maximum absolute atomic E-state index is 5.62. The average molecular weight is 188 g/mol. The summed E-state index contributed by atoms with van der Waals surface area (Å²) in [7, 11) is 0.116. The molecule has 1 aliphatic carbocycles. The predicted octanol–water partition coefficient (Wildman–Crippen LogP) is 1.93. The Hall–Kier alpha value is 0.275. The lowest BCUT2D eigenvalue weighted by Gasteiger charge is -2.01. The number of hydrogen-bond acceptors (Lipinski definition) is 2. The Labute approximate surface area is 78.7 Å². The molecule has 68 valence electrons. The van der Waals surface area contributed by atoms with Gasteiger partial charge in [-0.15, -0.1) is 11.6 Å². The predicted molar refractivity (Wildman–Crippen MR) is 49.5 cm³/mol. The molecule has 2 atom stereocenters. The first-order valence-electron chi connectivity index (χ1n) is 4.71. The van der Waals surface area contributed by atoms with Gasteiger partial charge in [0.25, 0.3) is 0 Å². The topological polar surface area (TPSA) is 18.5 Å². The van der Waals surface area contributed by atoms with Gasteiger partial charge in [-0.2, -0.15) is 0 Å². The van der Waals surface area contributed by atoms with Gasteiger partial charge in [-0.1, -0.05) is 0 Å². The van der Waals surface area contributed by atoms with E-state index in [1.54, 1.807) is 0 Å². The third-order valence-electron chi connectivity index (χ3n) is 2.68. The van der Waals surface area contributed by atoms with Crippen molar-refractivity contribution in [3.8, 4) is 0 Å². The molecule has 0 aromatic carbocycles. The van der Waals surface area contributed by atoms with Crippen LogP contribution in [0.5, 0.6) is 0 Å². The number of alkyl halides is 1. The van der Waals surface area contributed by atoms with Gasteiger partial charge in [-0.3, -0.25) is 0 Å². The summed E-state index contributed by atoms with van der Waals surface area (Å²) in [4.78, 5) is 0. The van der Waals surface area contributed by atoms with Crippen molar-refractivity contribution < 1.29 is 9.31 Å². The van der Waals surface area contributed by atoms with Gasteiger partial charge in [0.15, 0.2) is 0 Å². The third kappa shape index (κ3) is 1.95. The average Bonchev–Trinajstić information content (AvgIpc) is 2.64. The first kappa shape index (κ1) is 8.85. The van der Waals surface area contributed by atoms with Crippen LogP contribution < -0.4 is 0 Å². The number of halogens is 1. The van der Waals surface area contributed by atoms with E-state index in [0.29, 0.717) is 5.82 Å². The monoisotopic (exact) mass is 188 g/mol. The summed E-state index contributed by atoms with van der Waals surface area (Å²) in [6.45, 7) is 1.56. The van der Waals surface area contributed by atoms with Crippen molar-refractivity contribution >= 4 is 18.7 Å². The first-order chi connectivity index (χ1) is 5.92. The second-order valence-electron chi connectivity index (χ2n) is 3.60. The van der Waals surface area contributed by atoms with E-state index in [-0.39, 0.29) is 7.12 Å². The molecule has 2 aliphatic rings. The summed E-state index contributed by atoms with van der Waals surface area (Å²) in [6.07, 6.45) is 3.66. The highest BCUT2D eigenvalue weighted by Gasteiger charge is 2.49.